The molecule has 0 heterocycles. The topological polar surface area (TPSA) is 37.3 Å². The van der Waals surface area contributed by atoms with E-state index in [0.717, 1.165) is 51.4 Å². The Morgan fingerprint density at radius 3 is 1.37 bits per heavy atom. The highest BCUT2D eigenvalue weighted by Gasteiger charge is 2.51. The minimum absolute atomic E-state index is 0. The highest BCUT2D eigenvalue weighted by Crippen LogP contribution is 2.52. The molecule has 1 atom stereocenters. The van der Waals surface area contributed by atoms with Gasteiger partial charge in [0.15, 0.2) is 0 Å². The zero-order chi connectivity index (χ0) is 14.2. The van der Waals surface area contributed by atoms with Crippen molar-refractivity contribution in [1.29, 1.82) is 0 Å². The van der Waals surface area contributed by atoms with E-state index >= 15 is 0 Å². The van der Waals surface area contributed by atoms with E-state index in [2.05, 4.69) is 34.6 Å². The number of carboxylic acid groups (broad SMARTS) is 1. The lowest BCUT2D eigenvalue weighted by molar-refractivity contribution is -0.161. The Hall–Kier alpha value is -0.100. The first-order chi connectivity index (χ1) is 8.44. The van der Waals surface area contributed by atoms with Gasteiger partial charge in [-0.25, -0.2) is 0 Å². The largest absolute Gasteiger partial charge is 0.481 e. The van der Waals surface area contributed by atoms with E-state index in [1.54, 1.807) is 0 Å². The summed E-state index contributed by atoms with van der Waals surface area (Å²) in [5.74, 6) is -0.574. The van der Waals surface area contributed by atoms with Crippen molar-refractivity contribution in [3.8, 4) is 0 Å². The fraction of sp³-hybridized carbons (Fsp3) is 0.938. The summed E-state index contributed by atoms with van der Waals surface area (Å²) in [5, 5.41) is 9.87. The van der Waals surface area contributed by atoms with Gasteiger partial charge in [-0.3, -0.25) is 4.79 Å². The Balaban J connectivity index is 0. The van der Waals surface area contributed by atoms with Crippen LogP contribution in [0, 0.1) is 10.8 Å². The van der Waals surface area contributed by atoms with Crippen LogP contribution >= 0.6 is 9.90 Å². The van der Waals surface area contributed by atoms with Gasteiger partial charge in [0.25, 0.3) is 0 Å². The fourth-order valence-electron chi connectivity index (χ4n) is 3.76. The molecule has 3 heteroatoms. The summed E-state index contributed by atoms with van der Waals surface area (Å²) in [6, 6.07) is 0. The Bertz CT molecular complexity index is 239. The second-order valence-electron chi connectivity index (χ2n) is 5.95. The van der Waals surface area contributed by atoms with E-state index in [-0.39, 0.29) is 15.3 Å². The molecule has 0 aromatic rings. The third-order valence-corrected chi connectivity index (χ3v) is 4.52. The van der Waals surface area contributed by atoms with E-state index in [9.17, 15) is 9.90 Å². The molecule has 116 valence electrons. The highest BCUT2D eigenvalue weighted by atomic mass is 31.0. The summed E-state index contributed by atoms with van der Waals surface area (Å²) in [4.78, 5) is 12.0. The number of carboxylic acids is 1. The maximum atomic E-state index is 12.0. The van der Waals surface area contributed by atoms with Gasteiger partial charge in [-0.15, -0.1) is 0 Å². The summed E-state index contributed by atoms with van der Waals surface area (Å²) < 4.78 is 0. The standard InChI is InChI=1S/C16H32O2.H3P/c1-6-10-15(5,11-7-2)16(12-8-3,13-9-4)14(17)18;/h6-13H2,1-5H3,(H,17,18);1H3. The Morgan fingerprint density at radius 2 is 1.16 bits per heavy atom. The molecule has 0 amide bonds. The van der Waals surface area contributed by atoms with Gasteiger partial charge in [0.2, 0.25) is 0 Å². The van der Waals surface area contributed by atoms with Crippen LogP contribution in [0.5, 0.6) is 0 Å². The van der Waals surface area contributed by atoms with Gasteiger partial charge in [-0.1, -0.05) is 60.3 Å². The van der Waals surface area contributed by atoms with Crippen LogP contribution < -0.4 is 0 Å². The van der Waals surface area contributed by atoms with Crippen LogP contribution in [-0.4, -0.2) is 11.1 Å². The summed E-state index contributed by atoms with van der Waals surface area (Å²) >= 11 is 0. The number of hydrogen-bond donors (Lipinski definition) is 1. The molecule has 0 radical (unpaired) electrons. The van der Waals surface area contributed by atoms with E-state index in [4.69, 9.17) is 0 Å². The second kappa shape index (κ2) is 9.75. The maximum Gasteiger partial charge on any atom is 0.310 e. The van der Waals surface area contributed by atoms with E-state index in [1.165, 1.54) is 0 Å². The molecule has 0 aromatic carbocycles. The molecule has 0 fully saturated rings. The normalized spacial score (nSPS) is 12.1. The van der Waals surface area contributed by atoms with Crippen LogP contribution in [0.4, 0.5) is 0 Å². The first-order valence-corrected chi connectivity index (χ1v) is 7.67. The lowest BCUT2D eigenvalue weighted by atomic mass is 9.56. The van der Waals surface area contributed by atoms with Gasteiger partial charge < -0.3 is 5.11 Å². The molecule has 0 bridgehead atoms. The average molecular weight is 290 g/mol. The molecule has 1 unspecified atom stereocenters. The predicted molar refractivity (Wildman–Crippen MR) is 88.9 cm³/mol. The third-order valence-electron chi connectivity index (χ3n) is 4.52. The van der Waals surface area contributed by atoms with Gasteiger partial charge in [0, 0.05) is 0 Å². The maximum absolute atomic E-state index is 12.0. The van der Waals surface area contributed by atoms with Crippen molar-refractivity contribution in [2.75, 3.05) is 0 Å². The predicted octanol–water partition coefficient (Wildman–Crippen LogP) is 5.32. The van der Waals surface area contributed by atoms with Crippen molar-refractivity contribution in [2.24, 2.45) is 10.8 Å². The quantitative estimate of drug-likeness (QED) is 0.553. The van der Waals surface area contributed by atoms with Gasteiger partial charge in [0.05, 0.1) is 5.41 Å². The summed E-state index contributed by atoms with van der Waals surface area (Å²) in [5.41, 5.74) is -0.586. The molecule has 2 nitrogen and oxygen atoms in total. The Labute approximate surface area is 123 Å². The SMILES string of the molecule is CCCC(C)(CCC)C(CCC)(CCC)C(=O)O.P. The zero-order valence-electron chi connectivity index (χ0n) is 13.7. The van der Waals surface area contributed by atoms with Crippen molar-refractivity contribution in [2.45, 2.75) is 86.0 Å². The van der Waals surface area contributed by atoms with Gasteiger partial charge >= 0.3 is 5.97 Å². The number of carbonyl (C=O) groups is 1. The Kier molecular flexibility index (Phi) is 10.9. The van der Waals surface area contributed by atoms with Crippen LogP contribution in [0.3, 0.4) is 0 Å². The fourth-order valence-corrected chi connectivity index (χ4v) is 3.76. The van der Waals surface area contributed by atoms with Crippen molar-refractivity contribution in [3.05, 3.63) is 0 Å². The number of aliphatic carboxylic acids is 1. The Morgan fingerprint density at radius 1 is 0.842 bits per heavy atom. The molecule has 19 heavy (non-hydrogen) atoms. The zero-order valence-corrected chi connectivity index (χ0v) is 15.1. The monoisotopic (exact) mass is 290 g/mol. The second-order valence-corrected chi connectivity index (χ2v) is 5.95. The minimum Gasteiger partial charge on any atom is -0.481 e. The van der Waals surface area contributed by atoms with Crippen molar-refractivity contribution in [1.82, 2.24) is 0 Å². The van der Waals surface area contributed by atoms with E-state index in [0.29, 0.717) is 0 Å². The summed E-state index contributed by atoms with van der Waals surface area (Å²) in [6.45, 7) is 10.7. The number of rotatable bonds is 10. The molecule has 0 aromatic heterocycles. The van der Waals surface area contributed by atoms with Crippen molar-refractivity contribution >= 4 is 15.9 Å². The van der Waals surface area contributed by atoms with Crippen molar-refractivity contribution < 1.29 is 9.90 Å². The lowest BCUT2D eigenvalue weighted by Gasteiger charge is -2.46. The van der Waals surface area contributed by atoms with Crippen LogP contribution in [0.1, 0.15) is 86.0 Å². The van der Waals surface area contributed by atoms with Crippen LogP contribution in [0.2, 0.25) is 0 Å². The molecule has 1 N–H and O–H groups in total. The van der Waals surface area contributed by atoms with Crippen LogP contribution in [0.15, 0.2) is 0 Å². The van der Waals surface area contributed by atoms with E-state index < -0.39 is 11.4 Å². The molecule has 0 spiro atoms. The van der Waals surface area contributed by atoms with Crippen molar-refractivity contribution in [3.63, 3.8) is 0 Å². The molecular weight excluding hydrogens is 255 g/mol. The van der Waals surface area contributed by atoms with Crippen LogP contribution in [-0.2, 0) is 4.79 Å². The first kappa shape index (κ1) is 21.2. The van der Waals surface area contributed by atoms with Crippen LogP contribution in [0.25, 0.3) is 0 Å². The summed E-state index contributed by atoms with van der Waals surface area (Å²) in [7, 11) is 0. The lowest BCUT2D eigenvalue weighted by Crippen LogP contribution is -2.46. The average Bonchev–Trinajstić information content (AvgIpc) is 2.28. The minimum atomic E-state index is -0.574. The third kappa shape index (κ3) is 4.74. The molecule has 0 rings (SSSR count). The van der Waals surface area contributed by atoms with E-state index in [1.807, 2.05) is 0 Å². The molecule has 0 aliphatic carbocycles. The smallest absolute Gasteiger partial charge is 0.310 e. The number of hydrogen-bond acceptors (Lipinski definition) is 1. The van der Waals surface area contributed by atoms with Gasteiger partial charge in [-0.2, -0.15) is 9.90 Å². The molecule has 0 aliphatic rings. The highest BCUT2D eigenvalue weighted by molar-refractivity contribution is 6.92. The molecular formula is C16H35O2P. The molecule has 0 saturated carbocycles. The van der Waals surface area contributed by atoms with Gasteiger partial charge in [-0.05, 0) is 31.1 Å². The molecule has 0 saturated heterocycles. The van der Waals surface area contributed by atoms with Gasteiger partial charge in [0.1, 0.15) is 0 Å². The summed E-state index contributed by atoms with van der Waals surface area (Å²) in [6.07, 6.45) is 7.71. The molecule has 0 aliphatic heterocycles. The first-order valence-electron chi connectivity index (χ1n) is 7.67.